The van der Waals surface area contributed by atoms with Crippen molar-refractivity contribution in [2.45, 2.75) is 13.8 Å². The molecule has 0 atom stereocenters. The van der Waals surface area contributed by atoms with Gasteiger partial charge in [0.1, 0.15) is 4.47 Å². The smallest absolute Gasteiger partial charge is 0.357 e. The second kappa shape index (κ2) is 5.41. The third-order valence-corrected chi connectivity index (χ3v) is 3.69. The lowest BCUT2D eigenvalue weighted by Gasteiger charge is -2.08. The van der Waals surface area contributed by atoms with Gasteiger partial charge in [0, 0.05) is 5.69 Å². The number of anilines is 1. The molecule has 8 heteroatoms. The summed E-state index contributed by atoms with van der Waals surface area (Å²) in [6.45, 7) is 3.81. The van der Waals surface area contributed by atoms with Gasteiger partial charge in [0.15, 0.2) is 5.69 Å². The summed E-state index contributed by atoms with van der Waals surface area (Å²) >= 11 is 3.00. The van der Waals surface area contributed by atoms with Crippen LogP contribution in [0.2, 0.25) is 0 Å². The van der Waals surface area contributed by atoms with E-state index in [1.807, 2.05) is 26.0 Å². The molecular weight excluding hydrogens is 328 g/mol. The highest BCUT2D eigenvalue weighted by molar-refractivity contribution is 9.10. The Morgan fingerprint density at radius 2 is 2.15 bits per heavy atom. The molecule has 0 spiro atoms. The second-order valence-corrected chi connectivity index (χ2v) is 4.99. The van der Waals surface area contributed by atoms with Crippen LogP contribution in [0.4, 0.5) is 11.5 Å². The van der Waals surface area contributed by atoms with Gasteiger partial charge in [-0.25, -0.2) is 0 Å². The van der Waals surface area contributed by atoms with Gasteiger partial charge in [-0.3, -0.25) is 4.79 Å². The lowest BCUT2D eigenvalue weighted by Crippen LogP contribution is -2.14. The number of hydrogen-bond acceptors (Lipinski definition) is 4. The van der Waals surface area contributed by atoms with E-state index in [1.165, 1.54) is 0 Å². The van der Waals surface area contributed by atoms with E-state index in [2.05, 4.69) is 31.4 Å². The lowest BCUT2D eigenvalue weighted by molar-refractivity contribution is -0.390. The Labute approximate surface area is 122 Å². The van der Waals surface area contributed by atoms with E-state index < -0.39 is 10.8 Å². The van der Waals surface area contributed by atoms with Crippen LogP contribution in [0.3, 0.4) is 0 Å². The maximum atomic E-state index is 12.1. The zero-order valence-electron chi connectivity index (χ0n) is 10.7. The number of nitrogens with zero attached hydrogens (tertiary/aromatic N) is 2. The highest BCUT2D eigenvalue weighted by Crippen LogP contribution is 2.26. The van der Waals surface area contributed by atoms with Gasteiger partial charge in [-0.1, -0.05) is 17.2 Å². The molecule has 7 nitrogen and oxygen atoms in total. The minimum absolute atomic E-state index is 0.0327. The van der Waals surface area contributed by atoms with Gasteiger partial charge in [-0.05, 0) is 51.9 Å². The molecule has 0 unspecified atom stereocenters. The first-order chi connectivity index (χ1) is 9.41. The third-order valence-electron chi connectivity index (χ3n) is 2.94. The Morgan fingerprint density at radius 1 is 1.45 bits per heavy atom. The summed E-state index contributed by atoms with van der Waals surface area (Å²) in [4.78, 5) is 22.1. The van der Waals surface area contributed by atoms with Crippen molar-refractivity contribution < 1.29 is 9.72 Å². The Kier molecular flexibility index (Phi) is 3.84. The number of hydrogen-bond donors (Lipinski definition) is 2. The van der Waals surface area contributed by atoms with Crippen molar-refractivity contribution in [1.82, 2.24) is 10.2 Å². The number of H-pyrrole nitrogens is 1. The first-order valence-corrected chi connectivity index (χ1v) is 6.47. The third kappa shape index (κ3) is 2.55. The molecular formula is C12H11BrN4O3. The summed E-state index contributed by atoms with van der Waals surface area (Å²) in [5.74, 6) is -0.869. The molecule has 2 rings (SSSR count). The van der Waals surface area contributed by atoms with Crippen molar-refractivity contribution in [2.24, 2.45) is 0 Å². The molecule has 0 saturated carbocycles. The molecule has 1 aromatic carbocycles. The highest BCUT2D eigenvalue weighted by Gasteiger charge is 2.24. The van der Waals surface area contributed by atoms with E-state index in [0.717, 1.165) is 11.1 Å². The lowest BCUT2D eigenvalue weighted by atomic mass is 10.1. The molecule has 0 aliphatic rings. The molecule has 20 heavy (non-hydrogen) atoms. The molecule has 104 valence electrons. The second-order valence-electron chi connectivity index (χ2n) is 4.19. The summed E-state index contributed by atoms with van der Waals surface area (Å²) in [6, 6.07) is 5.51. The fraction of sp³-hybridized carbons (Fsp3) is 0.167. The predicted molar refractivity (Wildman–Crippen MR) is 76.8 cm³/mol. The number of amides is 1. The van der Waals surface area contributed by atoms with Crippen molar-refractivity contribution >= 4 is 33.3 Å². The highest BCUT2D eigenvalue weighted by atomic mass is 79.9. The predicted octanol–water partition coefficient (Wildman–Crippen LogP) is 2.95. The van der Waals surface area contributed by atoms with Gasteiger partial charge in [-0.15, -0.1) is 5.10 Å². The maximum absolute atomic E-state index is 12.1. The normalized spacial score (nSPS) is 10.3. The summed E-state index contributed by atoms with van der Waals surface area (Å²) in [5.41, 5.74) is 2.56. The van der Waals surface area contributed by atoms with Crippen LogP contribution in [-0.2, 0) is 0 Å². The van der Waals surface area contributed by atoms with Crippen LogP contribution >= 0.6 is 15.9 Å². The van der Waals surface area contributed by atoms with Gasteiger partial charge in [0.05, 0.1) is 0 Å². The largest absolute Gasteiger partial charge is 0.358 e. The molecule has 0 fully saturated rings. The molecule has 1 heterocycles. The quantitative estimate of drug-likeness (QED) is 0.663. The number of aromatic amines is 1. The summed E-state index contributed by atoms with van der Waals surface area (Å²) in [6.07, 6.45) is 0. The average molecular weight is 339 g/mol. The SMILES string of the molecule is Cc1cccc(NC(=O)c2n[nH]c([N+](=O)[O-])c2Br)c1C. The van der Waals surface area contributed by atoms with Gasteiger partial charge in [0.25, 0.3) is 5.91 Å². The molecule has 0 aliphatic carbocycles. The molecule has 1 amide bonds. The van der Waals surface area contributed by atoms with E-state index in [4.69, 9.17) is 0 Å². The monoisotopic (exact) mass is 338 g/mol. The minimum Gasteiger partial charge on any atom is -0.358 e. The Morgan fingerprint density at radius 3 is 2.75 bits per heavy atom. The van der Waals surface area contributed by atoms with Crippen LogP contribution in [0.5, 0.6) is 0 Å². The topological polar surface area (TPSA) is 101 Å². The summed E-state index contributed by atoms with van der Waals surface area (Å²) in [7, 11) is 0. The van der Waals surface area contributed by atoms with E-state index in [-0.39, 0.29) is 16.0 Å². The fourth-order valence-corrected chi connectivity index (χ4v) is 2.16. The van der Waals surface area contributed by atoms with Crippen LogP contribution in [0.15, 0.2) is 22.7 Å². The Hall–Kier alpha value is -2.22. The van der Waals surface area contributed by atoms with Crippen LogP contribution in [0.25, 0.3) is 0 Å². The van der Waals surface area contributed by atoms with Crippen molar-refractivity contribution in [2.75, 3.05) is 5.32 Å². The number of rotatable bonds is 3. The first-order valence-electron chi connectivity index (χ1n) is 5.67. The molecule has 0 radical (unpaired) electrons. The Balaban J connectivity index is 2.29. The van der Waals surface area contributed by atoms with Crippen molar-refractivity contribution in [3.63, 3.8) is 0 Å². The minimum atomic E-state index is -0.647. The number of aryl methyl sites for hydroxylation is 1. The number of nitrogens with one attached hydrogen (secondary N) is 2. The average Bonchev–Trinajstić information content (AvgIpc) is 2.77. The summed E-state index contributed by atoms with van der Waals surface area (Å²) in [5, 5.41) is 19.2. The molecule has 2 aromatic rings. The van der Waals surface area contributed by atoms with Crippen molar-refractivity contribution in [3.05, 3.63) is 49.6 Å². The molecule has 0 bridgehead atoms. The molecule has 2 N–H and O–H groups in total. The van der Waals surface area contributed by atoms with E-state index >= 15 is 0 Å². The van der Waals surface area contributed by atoms with Gasteiger partial charge >= 0.3 is 5.82 Å². The van der Waals surface area contributed by atoms with Crippen LogP contribution in [0, 0.1) is 24.0 Å². The van der Waals surface area contributed by atoms with Gasteiger partial charge in [-0.2, -0.15) is 0 Å². The zero-order valence-corrected chi connectivity index (χ0v) is 12.3. The van der Waals surface area contributed by atoms with E-state index in [0.29, 0.717) is 5.69 Å². The van der Waals surface area contributed by atoms with Crippen LogP contribution < -0.4 is 5.32 Å². The van der Waals surface area contributed by atoms with E-state index in [9.17, 15) is 14.9 Å². The zero-order chi connectivity index (χ0) is 14.9. The maximum Gasteiger partial charge on any atom is 0.357 e. The standard InChI is InChI=1S/C12H11BrN4O3/c1-6-4-3-5-8(7(6)2)14-12(18)10-9(13)11(16-15-10)17(19)20/h3-5H,1-2H3,(H,14,18)(H,15,16). The van der Waals surface area contributed by atoms with Gasteiger partial charge < -0.3 is 15.4 Å². The molecule has 0 saturated heterocycles. The fourth-order valence-electron chi connectivity index (χ4n) is 1.66. The number of benzene rings is 1. The molecule has 0 aliphatic heterocycles. The first kappa shape index (κ1) is 14.2. The Bertz CT molecular complexity index is 696. The number of nitro groups is 1. The number of aromatic nitrogens is 2. The number of carbonyl (C=O) groups excluding carboxylic acids is 1. The van der Waals surface area contributed by atoms with Crippen LogP contribution in [-0.4, -0.2) is 21.0 Å². The van der Waals surface area contributed by atoms with Crippen LogP contribution in [0.1, 0.15) is 21.6 Å². The van der Waals surface area contributed by atoms with Gasteiger partial charge in [0.2, 0.25) is 0 Å². The van der Waals surface area contributed by atoms with Crippen molar-refractivity contribution in [3.8, 4) is 0 Å². The number of carbonyl (C=O) groups is 1. The summed E-state index contributed by atoms with van der Waals surface area (Å²) < 4.78 is 0.0327. The van der Waals surface area contributed by atoms with Crippen molar-refractivity contribution in [1.29, 1.82) is 0 Å². The number of halogens is 1. The molecule has 1 aromatic heterocycles. The van der Waals surface area contributed by atoms with E-state index in [1.54, 1.807) is 6.07 Å².